The van der Waals surface area contributed by atoms with E-state index < -0.39 is 10.0 Å². The van der Waals surface area contributed by atoms with Crippen LogP contribution >= 0.6 is 0 Å². The topological polar surface area (TPSA) is 64.2 Å². The molecule has 4 heterocycles. The molecule has 2 aromatic rings. The molecule has 8 heteroatoms. The van der Waals surface area contributed by atoms with Crippen molar-refractivity contribution >= 4 is 27.3 Å². The van der Waals surface area contributed by atoms with Gasteiger partial charge in [0, 0.05) is 56.9 Å². The molecular formula is C25H30N4O3S. The van der Waals surface area contributed by atoms with Gasteiger partial charge in [-0.05, 0) is 36.1 Å². The van der Waals surface area contributed by atoms with Gasteiger partial charge in [-0.25, -0.2) is 8.42 Å². The molecule has 2 atom stereocenters. The number of piperazine rings is 1. The van der Waals surface area contributed by atoms with E-state index in [0.717, 1.165) is 56.1 Å². The lowest BCUT2D eigenvalue weighted by Gasteiger charge is -2.35. The van der Waals surface area contributed by atoms with E-state index in [9.17, 15) is 13.2 Å². The fourth-order valence-corrected chi connectivity index (χ4v) is 7.80. The summed E-state index contributed by atoms with van der Waals surface area (Å²) in [6, 6.07) is 14.7. The average molecular weight is 467 g/mol. The molecule has 2 bridgehead atoms. The molecule has 0 aromatic heterocycles. The fraction of sp³-hybridized carbons (Fsp3) is 0.480. The second-order valence-electron chi connectivity index (χ2n) is 9.90. The first kappa shape index (κ1) is 21.1. The highest BCUT2D eigenvalue weighted by molar-refractivity contribution is 7.93. The van der Waals surface area contributed by atoms with Crippen LogP contribution in [-0.2, 0) is 27.8 Å². The minimum atomic E-state index is -3.20. The van der Waals surface area contributed by atoms with Crippen LogP contribution in [0.1, 0.15) is 29.5 Å². The van der Waals surface area contributed by atoms with Crippen LogP contribution in [0.2, 0.25) is 0 Å². The molecule has 0 radical (unpaired) electrons. The van der Waals surface area contributed by atoms with Gasteiger partial charge in [-0.15, -0.1) is 0 Å². The largest absolute Gasteiger partial charge is 0.308 e. The Hall–Kier alpha value is -2.42. The third kappa shape index (κ3) is 3.64. The maximum atomic E-state index is 13.4. The normalized spacial score (nSPS) is 26.0. The van der Waals surface area contributed by atoms with Crippen LogP contribution in [0.3, 0.4) is 0 Å². The van der Waals surface area contributed by atoms with E-state index in [1.165, 1.54) is 11.1 Å². The summed E-state index contributed by atoms with van der Waals surface area (Å²) in [4.78, 5) is 20.0. The molecule has 2 fully saturated rings. The molecule has 2 aromatic carbocycles. The molecule has 2 unspecified atom stereocenters. The molecule has 1 amide bonds. The van der Waals surface area contributed by atoms with Crippen LogP contribution in [-0.4, -0.2) is 75.2 Å². The van der Waals surface area contributed by atoms with Crippen LogP contribution < -0.4 is 9.21 Å². The van der Waals surface area contributed by atoms with E-state index in [2.05, 4.69) is 47.1 Å². The molecule has 33 heavy (non-hydrogen) atoms. The molecule has 7 nitrogen and oxygen atoms in total. The molecule has 0 N–H and O–H groups in total. The number of benzene rings is 2. The van der Waals surface area contributed by atoms with Crippen LogP contribution in [0.4, 0.5) is 11.4 Å². The molecule has 6 rings (SSSR count). The van der Waals surface area contributed by atoms with Gasteiger partial charge in [-0.1, -0.05) is 36.4 Å². The van der Waals surface area contributed by atoms with Crippen LogP contribution in [0.25, 0.3) is 0 Å². The monoisotopic (exact) mass is 466 g/mol. The predicted octanol–water partition coefficient (Wildman–Crippen LogP) is 2.03. The maximum Gasteiger partial charge on any atom is 0.241 e. The van der Waals surface area contributed by atoms with Gasteiger partial charge in [0.15, 0.2) is 0 Å². The molecule has 2 saturated heterocycles. The second kappa shape index (κ2) is 7.82. The van der Waals surface area contributed by atoms with Crippen LogP contribution in [0.5, 0.6) is 0 Å². The first-order chi connectivity index (χ1) is 15.9. The number of carbonyl (C=O) groups is 1. The Morgan fingerprint density at radius 2 is 1.73 bits per heavy atom. The van der Waals surface area contributed by atoms with E-state index in [-0.39, 0.29) is 23.6 Å². The molecule has 4 aliphatic rings. The number of nitrogens with zero attached hydrogens (tertiary/aromatic N) is 4. The zero-order valence-corrected chi connectivity index (χ0v) is 19.8. The second-order valence-corrected chi connectivity index (χ2v) is 11.8. The summed E-state index contributed by atoms with van der Waals surface area (Å²) < 4.78 is 26.4. The van der Waals surface area contributed by atoms with Gasteiger partial charge in [0.25, 0.3) is 0 Å². The summed E-state index contributed by atoms with van der Waals surface area (Å²) in [6.07, 6.45) is 0.832. The Kier molecular flexibility index (Phi) is 5.01. The van der Waals surface area contributed by atoms with E-state index in [0.29, 0.717) is 13.1 Å². The van der Waals surface area contributed by atoms with Crippen molar-refractivity contribution in [3.05, 3.63) is 59.2 Å². The lowest BCUT2D eigenvalue weighted by Crippen LogP contribution is -2.50. The predicted molar refractivity (Wildman–Crippen MR) is 129 cm³/mol. The Balaban J connectivity index is 1.13. The first-order valence-corrected chi connectivity index (χ1v) is 13.5. The summed E-state index contributed by atoms with van der Waals surface area (Å²) in [5, 5.41) is 0. The number of carbonyl (C=O) groups excluding carboxylic acids is 1. The van der Waals surface area contributed by atoms with E-state index in [4.69, 9.17) is 0 Å². The van der Waals surface area contributed by atoms with E-state index >= 15 is 0 Å². The van der Waals surface area contributed by atoms with Gasteiger partial charge in [0.2, 0.25) is 15.9 Å². The molecule has 0 aliphatic carbocycles. The number of anilines is 2. The fourth-order valence-electron chi connectivity index (χ4n) is 5.96. The van der Waals surface area contributed by atoms with Gasteiger partial charge in [-0.3, -0.25) is 18.9 Å². The van der Waals surface area contributed by atoms with Crippen molar-refractivity contribution in [2.24, 2.45) is 0 Å². The average Bonchev–Trinajstić information content (AvgIpc) is 3.41. The summed E-state index contributed by atoms with van der Waals surface area (Å²) in [5.41, 5.74) is 5.32. The summed E-state index contributed by atoms with van der Waals surface area (Å²) in [5.74, 6) is 0.397. The third-order valence-electron chi connectivity index (χ3n) is 7.63. The number of sulfonamides is 1. The summed E-state index contributed by atoms with van der Waals surface area (Å²) in [6.45, 7) is 7.67. The minimum absolute atomic E-state index is 0.0718. The highest BCUT2D eigenvalue weighted by Crippen LogP contribution is 2.49. The Bertz CT molecular complexity index is 1190. The van der Waals surface area contributed by atoms with Crippen molar-refractivity contribution in [2.45, 2.75) is 31.8 Å². The lowest BCUT2D eigenvalue weighted by molar-refractivity contribution is -0.120. The summed E-state index contributed by atoms with van der Waals surface area (Å²) >= 11 is 0. The zero-order valence-electron chi connectivity index (χ0n) is 19.0. The van der Waals surface area contributed by atoms with Crippen LogP contribution in [0, 0.1) is 0 Å². The quantitative estimate of drug-likeness (QED) is 0.690. The molecule has 0 spiro atoms. The number of hydrogen-bond donors (Lipinski definition) is 0. The highest BCUT2D eigenvalue weighted by atomic mass is 32.2. The zero-order chi connectivity index (χ0) is 22.7. The maximum absolute atomic E-state index is 13.4. The van der Waals surface area contributed by atoms with E-state index in [1.807, 2.05) is 17.0 Å². The Labute approximate surface area is 195 Å². The number of amides is 1. The third-order valence-corrected chi connectivity index (χ3v) is 9.47. The first-order valence-electron chi connectivity index (χ1n) is 11.9. The highest BCUT2D eigenvalue weighted by Gasteiger charge is 2.46. The van der Waals surface area contributed by atoms with Crippen molar-refractivity contribution in [2.75, 3.05) is 54.2 Å². The number of rotatable bonds is 4. The van der Waals surface area contributed by atoms with Crippen molar-refractivity contribution in [1.82, 2.24) is 9.80 Å². The molecule has 174 valence electrons. The number of fused-ring (bicyclic) bond motifs is 6. The minimum Gasteiger partial charge on any atom is -0.308 e. The van der Waals surface area contributed by atoms with Crippen molar-refractivity contribution in [1.29, 1.82) is 0 Å². The van der Waals surface area contributed by atoms with E-state index in [1.54, 1.807) is 4.31 Å². The standard InChI is InChI=1S/C25H30N4O3S/c1-18-11-20-12-22-21-15-28(33(31,32)17-21)24(22)13-23(20)29(18)25(30)16-27-9-7-26(8-10-27)14-19-5-3-2-4-6-19/h2-6,12-13,18,21H,7-11,14-17H2,1H3. The van der Waals surface area contributed by atoms with Gasteiger partial charge in [0.1, 0.15) is 0 Å². The Morgan fingerprint density at radius 3 is 2.48 bits per heavy atom. The van der Waals surface area contributed by atoms with Crippen molar-refractivity contribution in [3.63, 3.8) is 0 Å². The van der Waals surface area contributed by atoms with Crippen LogP contribution in [0.15, 0.2) is 42.5 Å². The number of hydrogen-bond acceptors (Lipinski definition) is 5. The van der Waals surface area contributed by atoms with Gasteiger partial charge < -0.3 is 4.90 Å². The Morgan fingerprint density at radius 1 is 1.00 bits per heavy atom. The van der Waals surface area contributed by atoms with Crippen molar-refractivity contribution < 1.29 is 13.2 Å². The summed E-state index contributed by atoms with van der Waals surface area (Å²) in [7, 11) is -3.20. The van der Waals surface area contributed by atoms with Gasteiger partial charge >= 0.3 is 0 Å². The molecule has 0 saturated carbocycles. The molecular weight excluding hydrogens is 436 g/mol. The lowest BCUT2D eigenvalue weighted by atomic mass is 9.99. The van der Waals surface area contributed by atoms with Crippen molar-refractivity contribution in [3.8, 4) is 0 Å². The van der Waals surface area contributed by atoms with Gasteiger partial charge in [0.05, 0.1) is 18.0 Å². The van der Waals surface area contributed by atoms with Gasteiger partial charge in [-0.2, -0.15) is 0 Å². The molecule has 4 aliphatic heterocycles. The SMILES string of the molecule is CC1Cc2cc3c(cc2N1C(=O)CN1CCN(Cc2ccccc2)CC1)N1CC3CS1(=O)=O. The smallest absolute Gasteiger partial charge is 0.241 e.